The van der Waals surface area contributed by atoms with Crippen molar-refractivity contribution in [3.63, 3.8) is 0 Å². The van der Waals surface area contributed by atoms with Crippen LogP contribution in [0.1, 0.15) is 11.7 Å². The van der Waals surface area contributed by atoms with Crippen molar-refractivity contribution in [3.8, 4) is 5.75 Å². The van der Waals surface area contributed by atoms with Gasteiger partial charge in [-0.15, -0.1) is 0 Å². The summed E-state index contributed by atoms with van der Waals surface area (Å²) in [6.45, 7) is 0. The van der Waals surface area contributed by atoms with Gasteiger partial charge in [0.2, 0.25) is 0 Å². The number of nitrogens with one attached hydrogen (secondary N) is 1. The van der Waals surface area contributed by atoms with Crippen molar-refractivity contribution in [1.29, 1.82) is 0 Å². The number of methoxy groups -OCH3 is 2. The third-order valence-corrected chi connectivity index (χ3v) is 3.49. The van der Waals surface area contributed by atoms with E-state index in [1.54, 1.807) is 19.2 Å². The Hall–Kier alpha value is -1.85. The SMILES string of the molecule is COc1ccc(Br)cc1NC(=O)C(OC)c1ccccc1. The second-order valence-electron chi connectivity index (χ2n) is 4.36. The van der Waals surface area contributed by atoms with Crippen LogP contribution in [0.5, 0.6) is 5.75 Å². The summed E-state index contributed by atoms with van der Waals surface area (Å²) in [7, 11) is 3.07. The number of benzene rings is 2. The second-order valence-corrected chi connectivity index (χ2v) is 5.28. The number of carbonyl (C=O) groups is 1. The Kier molecular flexibility index (Phi) is 5.36. The number of rotatable bonds is 5. The second kappa shape index (κ2) is 7.24. The number of hydrogen-bond donors (Lipinski definition) is 1. The Balaban J connectivity index is 2.22. The molecule has 1 unspecified atom stereocenters. The van der Waals surface area contributed by atoms with Gasteiger partial charge in [0, 0.05) is 11.6 Å². The van der Waals surface area contributed by atoms with E-state index in [2.05, 4.69) is 21.2 Å². The van der Waals surface area contributed by atoms with Crippen molar-refractivity contribution >= 4 is 27.5 Å². The molecular formula is C16H16BrNO3. The summed E-state index contributed by atoms with van der Waals surface area (Å²) in [6, 6.07) is 14.8. The van der Waals surface area contributed by atoms with E-state index in [1.165, 1.54) is 7.11 Å². The van der Waals surface area contributed by atoms with E-state index < -0.39 is 6.10 Å². The Labute approximate surface area is 132 Å². The van der Waals surface area contributed by atoms with Crippen LogP contribution in [-0.4, -0.2) is 20.1 Å². The monoisotopic (exact) mass is 349 g/mol. The maximum absolute atomic E-state index is 12.4. The minimum Gasteiger partial charge on any atom is -0.495 e. The summed E-state index contributed by atoms with van der Waals surface area (Å²) < 4.78 is 11.4. The van der Waals surface area contributed by atoms with Crippen LogP contribution in [0.25, 0.3) is 0 Å². The summed E-state index contributed by atoms with van der Waals surface area (Å²) in [5.74, 6) is 0.342. The molecule has 2 rings (SSSR count). The van der Waals surface area contributed by atoms with Gasteiger partial charge >= 0.3 is 0 Å². The summed E-state index contributed by atoms with van der Waals surface area (Å²) in [6.07, 6.45) is -0.671. The van der Waals surface area contributed by atoms with E-state index in [0.717, 1.165) is 10.0 Å². The first-order valence-electron chi connectivity index (χ1n) is 6.38. The minimum absolute atomic E-state index is 0.250. The fraction of sp³-hybridized carbons (Fsp3) is 0.188. The van der Waals surface area contributed by atoms with Crippen LogP contribution >= 0.6 is 15.9 Å². The van der Waals surface area contributed by atoms with E-state index in [-0.39, 0.29) is 5.91 Å². The van der Waals surface area contributed by atoms with Crippen molar-refractivity contribution < 1.29 is 14.3 Å². The topological polar surface area (TPSA) is 47.6 Å². The Morgan fingerprint density at radius 2 is 1.86 bits per heavy atom. The molecule has 1 N–H and O–H groups in total. The molecule has 2 aromatic rings. The molecule has 0 aliphatic rings. The number of carbonyl (C=O) groups excluding carboxylic acids is 1. The lowest BCUT2D eigenvalue weighted by atomic mass is 10.1. The number of anilines is 1. The highest BCUT2D eigenvalue weighted by Crippen LogP contribution is 2.29. The molecule has 1 amide bonds. The molecule has 4 nitrogen and oxygen atoms in total. The third-order valence-electron chi connectivity index (χ3n) is 3.00. The van der Waals surface area contributed by atoms with Crippen molar-refractivity contribution in [3.05, 3.63) is 58.6 Å². The lowest BCUT2D eigenvalue weighted by molar-refractivity contribution is -0.126. The summed E-state index contributed by atoms with van der Waals surface area (Å²) in [4.78, 5) is 12.4. The molecule has 5 heteroatoms. The van der Waals surface area contributed by atoms with Gasteiger partial charge in [-0.05, 0) is 23.8 Å². The number of hydrogen-bond acceptors (Lipinski definition) is 3. The van der Waals surface area contributed by atoms with Crippen LogP contribution in [0, 0.1) is 0 Å². The lowest BCUT2D eigenvalue weighted by Crippen LogP contribution is -2.22. The maximum atomic E-state index is 12.4. The smallest absolute Gasteiger partial charge is 0.258 e. The van der Waals surface area contributed by atoms with Crippen LogP contribution in [0.4, 0.5) is 5.69 Å². The fourth-order valence-electron chi connectivity index (χ4n) is 2.00. The zero-order valence-electron chi connectivity index (χ0n) is 11.8. The van der Waals surface area contributed by atoms with Crippen LogP contribution in [0.15, 0.2) is 53.0 Å². The van der Waals surface area contributed by atoms with E-state index in [1.807, 2.05) is 36.4 Å². The van der Waals surface area contributed by atoms with Gasteiger partial charge in [0.15, 0.2) is 6.10 Å². The molecule has 1 atom stereocenters. The molecule has 2 aromatic carbocycles. The van der Waals surface area contributed by atoms with E-state index in [0.29, 0.717) is 11.4 Å². The fourth-order valence-corrected chi connectivity index (χ4v) is 2.36. The van der Waals surface area contributed by atoms with Crippen LogP contribution in [-0.2, 0) is 9.53 Å². The molecule has 0 spiro atoms. The molecule has 0 bridgehead atoms. The Morgan fingerprint density at radius 3 is 2.48 bits per heavy atom. The zero-order valence-corrected chi connectivity index (χ0v) is 13.4. The number of ether oxygens (including phenoxy) is 2. The quantitative estimate of drug-likeness (QED) is 0.893. The van der Waals surface area contributed by atoms with Crippen molar-refractivity contribution in [2.75, 3.05) is 19.5 Å². The molecule has 0 saturated heterocycles. The van der Waals surface area contributed by atoms with Crippen LogP contribution < -0.4 is 10.1 Å². The highest BCUT2D eigenvalue weighted by Gasteiger charge is 2.21. The number of amides is 1. The highest BCUT2D eigenvalue weighted by atomic mass is 79.9. The van der Waals surface area contributed by atoms with Gasteiger partial charge in [-0.25, -0.2) is 0 Å². The van der Waals surface area contributed by atoms with Crippen molar-refractivity contribution in [1.82, 2.24) is 0 Å². The molecule has 0 aliphatic heterocycles. The predicted octanol–water partition coefficient (Wildman–Crippen LogP) is 3.78. The van der Waals surface area contributed by atoms with Gasteiger partial charge in [0.1, 0.15) is 5.75 Å². The summed E-state index contributed by atoms with van der Waals surface area (Å²) in [5.41, 5.74) is 1.39. The first kappa shape index (κ1) is 15.5. The van der Waals surface area contributed by atoms with Gasteiger partial charge < -0.3 is 14.8 Å². The van der Waals surface area contributed by atoms with E-state index in [9.17, 15) is 4.79 Å². The molecule has 0 radical (unpaired) electrons. The number of halogens is 1. The molecule has 110 valence electrons. The molecule has 0 heterocycles. The highest BCUT2D eigenvalue weighted by molar-refractivity contribution is 9.10. The summed E-state index contributed by atoms with van der Waals surface area (Å²) >= 11 is 3.38. The molecule has 0 aliphatic carbocycles. The largest absolute Gasteiger partial charge is 0.495 e. The normalized spacial score (nSPS) is 11.8. The zero-order chi connectivity index (χ0) is 15.2. The molecule has 21 heavy (non-hydrogen) atoms. The average Bonchev–Trinajstić information content (AvgIpc) is 2.49. The Morgan fingerprint density at radius 1 is 1.14 bits per heavy atom. The lowest BCUT2D eigenvalue weighted by Gasteiger charge is -2.17. The van der Waals surface area contributed by atoms with E-state index >= 15 is 0 Å². The molecule has 0 fully saturated rings. The van der Waals surface area contributed by atoms with Gasteiger partial charge in [-0.2, -0.15) is 0 Å². The van der Waals surface area contributed by atoms with Gasteiger partial charge in [0.25, 0.3) is 5.91 Å². The summed E-state index contributed by atoms with van der Waals surface area (Å²) in [5, 5.41) is 2.83. The predicted molar refractivity (Wildman–Crippen MR) is 85.5 cm³/mol. The van der Waals surface area contributed by atoms with E-state index in [4.69, 9.17) is 9.47 Å². The standard InChI is InChI=1S/C16H16BrNO3/c1-20-14-9-8-12(17)10-13(14)18-16(19)15(21-2)11-6-4-3-5-7-11/h3-10,15H,1-2H3,(H,18,19). The van der Waals surface area contributed by atoms with Crippen molar-refractivity contribution in [2.45, 2.75) is 6.10 Å². The van der Waals surface area contributed by atoms with Gasteiger partial charge in [0.05, 0.1) is 12.8 Å². The van der Waals surface area contributed by atoms with Crippen molar-refractivity contribution in [2.24, 2.45) is 0 Å². The molecule has 0 aromatic heterocycles. The van der Waals surface area contributed by atoms with Gasteiger partial charge in [-0.1, -0.05) is 46.3 Å². The van der Waals surface area contributed by atoms with Crippen LogP contribution in [0.3, 0.4) is 0 Å². The molecular weight excluding hydrogens is 334 g/mol. The average molecular weight is 350 g/mol. The van der Waals surface area contributed by atoms with Gasteiger partial charge in [-0.3, -0.25) is 4.79 Å². The molecule has 0 saturated carbocycles. The van der Waals surface area contributed by atoms with Crippen LogP contribution in [0.2, 0.25) is 0 Å². The maximum Gasteiger partial charge on any atom is 0.258 e. The third kappa shape index (κ3) is 3.83. The Bertz CT molecular complexity index is 616. The minimum atomic E-state index is -0.671. The first-order valence-corrected chi connectivity index (χ1v) is 7.17. The first-order chi connectivity index (χ1) is 10.2.